The zero-order chi connectivity index (χ0) is 14.6. The molecule has 0 aromatic heterocycles. The lowest BCUT2D eigenvalue weighted by atomic mass is 9.99. The van der Waals surface area contributed by atoms with Crippen molar-refractivity contribution in [3.05, 3.63) is 74.3 Å². The van der Waals surface area contributed by atoms with E-state index < -0.39 is 0 Å². The fourth-order valence-corrected chi connectivity index (χ4v) is 3.77. The second-order valence-corrected chi connectivity index (χ2v) is 6.44. The molecule has 0 aliphatic heterocycles. The molecule has 4 rings (SSSR count). The van der Waals surface area contributed by atoms with Crippen molar-refractivity contribution in [3.63, 3.8) is 0 Å². The molecule has 104 valence electrons. The Morgan fingerprint density at radius 1 is 0.762 bits per heavy atom. The molecule has 2 aromatic rings. The zero-order valence-corrected chi connectivity index (χ0v) is 12.8. The summed E-state index contributed by atoms with van der Waals surface area (Å²) in [6, 6.07) is 11.5. The number of ketones is 1. The zero-order valence-electron chi connectivity index (χ0n) is 11.2. The quantitative estimate of drug-likeness (QED) is 0.616. The van der Waals surface area contributed by atoms with E-state index in [9.17, 15) is 4.79 Å². The van der Waals surface area contributed by atoms with E-state index in [2.05, 4.69) is 0 Å². The van der Waals surface area contributed by atoms with Gasteiger partial charge in [-0.25, -0.2) is 0 Å². The molecule has 21 heavy (non-hydrogen) atoms. The van der Waals surface area contributed by atoms with Gasteiger partial charge in [-0.2, -0.15) is 0 Å². The summed E-state index contributed by atoms with van der Waals surface area (Å²) in [5.74, 6) is 0.152. The first kappa shape index (κ1) is 13.1. The van der Waals surface area contributed by atoms with Gasteiger partial charge in [-0.3, -0.25) is 4.79 Å². The van der Waals surface area contributed by atoms with Crippen molar-refractivity contribution < 1.29 is 4.79 Å². The summed E-state index contributed by atoms with van der Waals surface area (Å²) in [5.41, 5.74) is 6.36. The molecule has 3 heteroatoms. The van der Waals surface area contributed by atoms with Crippen LogP contribution in [0.4, 0.5) is 0 Å². The maximum Gasteiger partial charge on any atom is 0.189 e. The van der Waals surface area contributed by atoms with Gasteiger partial charge in [0.1, 0.15) is 0 Å². The molecule has 2 aliphatic rings. The summed E-state index contributed by atoms with van der Waals surface area (Å²) in [6.07, 6.45) is 2.56. The minimum Gasteiger partial charge on any atom is -0.289 e. The molecule has 1 nitrogen and oxygen atoms in total. The van der Waals surface area contributed by atoms with Crippen molar-refractivity contribution in [1.29, 1.82) is 0 Å². The summed E-state index contributed by atoms with van der Waals surface area (Å²) in [4.78, 5) is 12.6. The fourth-order valence-electron chi connectivity index (χ4n) is 3.38. The van der Waals surface area contributed by atoms with E-state index in [1.54, 1.807) is 6.07 Å². The minimum absolute atomic E-state index is 0.152. The molecule has 0 spiro atoms. The van der Waals surface area contributed by atoms with E-state index in [4.69, 9.17) is 23.2 Å². The highest BCUT2D eigenvalue weighted by Gasteiger charge is 2.30. The van der Waals surface area contributed by atoms with Crippen molar-refractivity contribution >= 4 is 34.6 Å². The number of allylic oxidation sites excluding steroid dienone is 2. The van der Waals surface area contributed by atoms with Crippen LogP contribution in [0.1, 0.15) is 33.5 Å². The second kappa shape index (κ2) is 4.72. The van der Waals surface area contributed by atoms with Crippen LogP contribution in [0.15, 0.2) is 42.0 Å². The lowest BCUT2D eigenvalue weighted by molar-refractivity contribution is 0.104. The van der Waals surface area contributed by atoms with Crippen LogP contribution >= 0.6 is 23.2 Å². The summed E-state index contributed by atoms with van der Waals surface area (Å²) in [5, 5.41) is 1.44. The maximum absolute atomic E-state index is 12.6. The van der Waals surface area contributed by atoms with Crippen molar-refractivity contribution in [2.24, 2.45) is 0 Å². The van der Waals surface area contributed by atoms with Gasteiger partial charge >= 0.3 is 0 Å². The molecule has 0 bridgehead atoms. The number of hydrogen-bond donors (Lipinski definition) is 0. The smallest absolute Gasteiger partial charge is 0.189 e. The number of aryl methyl sites for hydroxylation is 1. The van der Waals surface area contributed by atoms with Crippen LogP contribution in [0.5, 0.6) is 0 Å². The van der Waals surface area contributed by atoms with E-state index in [-0.39, 0.29) is 5.78 Å². The lowest BCUT2D eigenvalue weighted by Crippen LogP contribution is -1.98. The number of hydrogen-bond acceptors (Lipinski definition) is 1. The molecule has 0 atom stereocenters. The van der Waals surface area contributed by atoms with E-state index in [0.29, 0.717) is 11.4 Å². The SMILES string of the molecule is O=C1/C(=C2\CCc3cc(Cl)ccc32)Cc2cc(Cl)ccc21. The van der Waals surface area contributed by atoms with Crippen molar-refractivity contribution in [3.8, 4) is 0 Å². The van der Waals surface area contributed by atoms with E-state index in [0.717, 1.165) is 34.6 Å². The summed E-state index contributed by atoms with van der Waals surface area (Å²) < 4.78 is 0. The highest BCUT2D eigenvalue weighted by molar-refractivity contribution is 6.31. The number of Topliss-reactive ketones (excluding diaryl/α,β-unsaturated/α-hetero) is 1. The minimum atomic E-state index is 0.152. The number of carbonyl (C=O) groups excluding carboxylic acids is 1. The Morgan fingerprint density at radius 3 is 2.19 bits per heavy atom. The van der Waals surface area contributed by atoms with Gasteiger partial charge in [0.05, 0.1) is 0 Å². The maximum atomic E-state index is 12.6. The van der Waals surface area contributed by atoms with Gasteiger partial charge in [0.15, 0.2) is 5.78 Å². The number of benzene rings is 2. The Hall–Kier alpha value is -1.57. The molecular formula is C18H12Cl2O. The number of carbonyl (C=O) groups is 1. The van der Waals surface area contributed by atoms with Gasteiger partial charge in [-0.05, 0) is 65.4 Å². The van der Waals surface area contributed by atoms with Crippen molar-refractivity contribution in [2.45, 2.75) is 19.3 Å². The van der Waals surface area contributed by atoms with E-state index in [1.165, 1.54) is 16.7 Å². The fraction of sp³-hybridized carbons (Fsp3) is 0.167. The third-order valence-corrected chi connectivity index (χ3v) is 4.82. The van der Waals surface area contributed by atoms with Crippen LogP contribution in [0, 0.1) is 0 Å². The predicted octanol–water partition coefficient (Wildman–Crippen LogP) is 5.13. The molecule has 0 N–H and O–H groups in total. The third kappa shape index (κ3) is 2.04. The third-order valence-electron chi connectivity index (χ3n) is 4.35. The summed E-state index contributed by atoms with van der Waals surface area (Å²) in [7, 11) is 0. The summed E-state index contributed by atoms with van der Waals surface area (Å²) >= 11 is 12.1. The number of halogens is 2. The average Bonchev–Trinajstić information content (AvgIpc) is 2.99. The van der Waals surface area contributed by atoms with Crippen LogP contribution < -0.4 is 0 Å². The Bertz CT molecular complexity index is 818. The average molecular weight is 315 g/mol. The van der Waals surface area contributed by atoms with E-state index in [1.807, 2.05) is 30.3 Å². The number of fused-ring (bicyclic) bond motifs is 2. The molecule has 0 saturated heterocycles. The van der Waals surface area contributed by atoms with Crippen molar-refractivity contribution in [2.75, 3.05) is 0 Å². The largest absolute Gasteiger partial charge is 0.289 e. The Morgan fingerprint density at radius 2 is 1.43 bits per heavy atom. The standard InChI is InChI=1S/C18H12Cl2O/c19-12-2-5-14-10(7-12)1-4-16(14)17-9-11-8-13(20)3-6-15(11)18(17)21/h2-3,5-8H,1,4,9H2/b17-16+. The van der Waals surface area contributed by atoms with Gasteiger partial charge in [-0.1, -0.05) is 29.3 Å². The molecule has 0 fully saturated rings. The van der Waals surface area contributed by atoms with Crippen molar-refractivity contribution in [1.82, 2.24) is 0 Å². The molecule has 0 heterocycles. The molecule has 0 amide bonds. The number of rotatable bonds is 0. The van der Waals surface area contributed by atoms with Gasteiger partial charge in [0.25, 0.3) is 0 Å². The van der Waals surface area contributed by atoms with Crippen LogP contribution in [0.25, 0.3) is 5.57 Å². The Balaban J connectivity index is 1.85. The molecule has 2 aliphatic carbocycles. The van der Waals surface area contributed by atoms with Gasteiger partial charge < -0.3 is 0 Å². The molecule has 0 radical (unpaired) electrons. The predicted molar refractivity (Wildman–Crippen MR) is 86.2 cm³/mol. The van der Waals surface area contributed by atoms with E-state index >= 15 is 0 Å². The summed E-state index contributed by atoms with van der Waals surface area (Å²) in [6.45, 7) is 0. The highest BCUT2D eigenvalue weighted by atomic mass is 35.5. The molecule has 0 unspecified atom stereocenters. The lowest BCUT2D eigenvalue weighted by Gasteiger charge is -2.05. The van der Waals surface area contributed by atoms with Gasteiger partial charge in [0, 0.05) is 27.6 Å². The Labute approximate surface area is 133 Å². The first-order valence-electron chi connectivity index (χ1n) is 6.97. The monoisotopic (exact) mass is 314 g/mol. The van der Waals surface area contributed by atoms with Gasteiger partial charge in [0.2, 0.25) is 0 Å². The first-order chi connectivity index (χ1) is 10.1. The van der Waals surface area contributed by atoms with Crippen LogP contribution in [-0.2, 0) is 12.8 Å². The Kier molecular flexibility index (Phi) is 2.95. The molecule has 2 aromatic carbocycles. The second-order valence-electron chi connectivity index (χ2n) is 5.57. The topological polar surface area (TPSA) is 17.1 Å². The highest BCUT2D eigenvalue weighted by Crippen LogP contribution is 2.40. The molecule has 0 saturated carbocycles. The van der Waals surface area contributed by atoms with Crippen LogP contribution in [-0.4, -0.2) is 5.78 Å². The van der Waals surface area contributed by atoms with Gasteiger partial charge in [-0.15, -0.1) is 0 Å². The van der Waals surface area contributed by atoms with Crippen LogP contribution in [0.2, 0.25) is 10.0 Å². The molecular weight excluding hydrogens is 303 g/mol. The van der Waals surface area contributed by atoms with Crippen LogP contribution in [0.3, 0.4) is 0 Å². The first-order valence-corrected chi connectivity index (χ1v) is 7.73. The normalized spacial score (nSPS) is 19.8.